The molecule has 0 bridgehead atoms. The van der Waals surface area contributed by atoms with Crippen molar-refractivity contribution < 1.29 is 14.3 Å². The first-order chi connectivity index (χ1) is 26.8. The molecule has 0 radical (unpaired) electrons. The Kier molecular flexibility index (Phi) is 9.65. The molecule has 5 heterocycles. The molecule has 0 aliphatic carbocycles. The molecule has 0 saturated carbocycles. The van der Waals surface area contributed by atoms with E-state index in [1.165, 1.54) is 15.4 Å². The minimum Gasteiger partial charge on any atom is -0.490 e. The lowest BCUT2D eigenvalue weighted by Crippen LogP contribution is -2.45. The topological polar surface area (TPSA) is 178 Å². The molecule has 1 N–H and O–H groups in total. The molecule has 2 fully saturated rings. The maximum atomic E-state index is 13.4. The van der Waals surface area contributed by atoms with E-state index < -0.39 is 11.9 Å². The van der Waals surface area contributed by atoms with Crippen molar-refractivity contribution in [2.75, 3.05) is 24.6 Å². The number of nitrogens with one attached hydrogen (secondary N) is 1. The molecule has 2 aliphatic rings. The third kappa shape index (κ3) is 7.58. The number of nitrogens with zero attached hydrogens (tertiary/aromatic N) is 8. The molecule has 2 aliphatic heterocycles. The summed E-state index contributed by atoms with van der Waals surface area (Å²) in [5.41, 5.74) is 3.86. The number of anilines is 1. The van der Waals surface area contributed by atoms with Gasteiger partial charge in [-0.3, -0.25) is 24.5 Å². The second-order valence-corrected chi connectivity index (χ2v) is 13.7. The molecular weight excluding hydrogens is 699 g/mol. The summed E-state index contributed by atoms with van der Waals surface area (Å²) < 4.78 is 8.69. The van der Waals surface area contributed by atoms with E-state index in [9.17, 15) is 24.4 Å². The van der Waals surface area contributed by atoms with Gasteiger partial charge in [0.1, 0.15) is 6.04 Å². The first-order valence-electron chi connectivity index (χ1n) is 18.0. The fraction of sp³-hybridized carbons (Fsp3) is 0.244. The number of imide groups is 1. The number of hydrogen-bond donors (Lipinski definition) is 1. The highest BCUT2D eigenvalue weighted by atomic mass is 16.5. The summed E-state index contributed by atoms with van der Waals surface area (Å²) in [5.74, 6) is 0.581. The first kappa shape index (κ1) is 35.0. The molecule has 55 heavy (non-hydrogen) atoms. The number of hydrogen-bond acceptors (Lipinski definition) is 11. The smallest absolute Gasteiger partial charge is 0.275 e. The van der Waals surface area contributed by atoms with E-state index in [1.54, 1.807) is 42.9 Å². The molecule has 0 spiro atoms. The van der Waals surface area contributed by atoms with Gasteiger partial charge in [0.25, 0.3) is 17.0 Å². The molecular formula is C41H35N9O5. The highest BCUT2D eigenvalue weighted by Gasteiger charge is 2.30. The van der Waals surface area contributed by atoms with Crippen LogP contribution >= 0.6 is 0 Å². The number of ether oxygens (including phenoxy) is 1. The SMILES string of the molecule is N#Cc1cccc(-c2ccc(=O)n(Cc3cccc(-c4ncc(OCC5CCN(c6ccc7cnn(C8CCC(=O)NC8=O)c(=O)c7c6)CC5)cn4)c3)n2)c1. The van der Waals surface area contributed by atoms with Gasteiger partial charge in [0, 0.05) is 47.8 Å². The zero-order chi connectivity index (χ0) is 37.9. The van der Waals surface area contributed by atoms with E-state index in [0.717, 1.165) is 48.3 Å². The second kappa shape index (κ2) is 15.2. The Balaban J connectivity index is 0.868. The summed E-state index contributed by atoms with van der Waals surface area (Å²) in [4.78, 5) is 61.4. The van der Waals surface area contributed by atoms with Gasteiger partial charge in [0.15, 0.2) is 11.6 Å². The molecule has 2 saturated heterocycles. The highest BCUT2D eigenvalue weighted by molar-refractivity contribution is 5.99. The number of nitriles is 1. The van der Waals surface area contributed by atoms with Crippen molar-refractivity contribution in [3.05, 3.63) is 129 Å². The monoisotopic (exact) mass is 733 g/mol. The van der Waals surface area contributed by atoms with E-state index in [-0.39, 0.29) is 36.4 Å². The molecule has 3 aromatic heterocycles. The number of fused-ring (bicyclic) bond motifs is 1. The van der Waals surface area contributed by atoms with Gasteiger partial charge in [-0.15, -0.1) is 0 Å². The van der Waals surface area contributed by atoms with Crippen LogP contribution in [0.1, 0.15) is 42.9 Å². The summed E-state index contributed by atoms with van der Waals surface area (Å²) in [5, 5.41) is 21.5. The maximum Gasteiger partial charge on any atom is 0.275 e. The molecule has 6 aromatic rings. The van der Waals surface area contributed by atoms with Crippen molar-refractivity contribution in [3.8, 4) is 34.5 Å². The van der Waals surface area contributed by atoms with Crippen LogP contribution in [0, 0.1) is 17.2 Å². The predicted molar refractivity (Wildman–Crippen MR) is 203 cm³/mol. The van der Waals surface area contributed by atoms with E-state index in [4.69, 9.17) is 4.74 Å². The van der Waals surface area contributed by atoms with Gasteiger partial charge in [-0.1, -0.05) is 36.4 Å². The molecule has 274 valence electrons. The molecule has 1 atom stereocenters. The predicted octanol–water partition coefficient (Wildman–Crippen LogP) is 4.27. The van der Waals surface area contributed by atoms with Crippen molar-refractivity contribution in [2.45, 2.75) is 38.3 Å². The van der Waals surface area contributed by atoms with E-state index >= 15 is 0 Å². The zero-order valence-electron chi connectivity index (χ0n) is 29.7. The van der Waals surface area contributed by atoms with Crippen LogP contribution in [0.5, 0.6) is 5.75 Å². The van der Waals surface area contributed by atoms with Crippen LogP contribution in [0.3, 0.4) is 0 Å². The lowest BCUT2D eigenvalue weighted by atomic mass is 9.97. The summed E-state index contributed by atoms with van der Waals surface area (Å²) in [6, 6.07) is 24.9. The van der Waals surface area contributed by atoms with Crippen molar-refractivity contribution in [1.82, 2.24) is 34.8 Å². The van der Waals surface area contributed by atoms with Gasteiger partial charge in [0.05, 0.1) is 54.5 Å². The third-order valence-corrected chi connectivity index (χ3v) is 10.1. The summed E-state index contributed by atoms with van der Waals surface area (Å²) in [6.07, 6.45) is 7.12. The lowest BCUT2D eigenvalue weighted by molar-refractivity contribution is -0.136. The van der Waals surface area contributed by atoms with Crippen LogP contribution in [0.25, 0.3) is 33.4 Å². The van der Waals surface area contributed by atoms with Crippen molar-refractivity contribution in [2.24, 2.45) is 5.92 Å². The van der Waals surface area contributed by atoms with Crippen LogP contribution < -0.4 is 26.1 Å². The summed E-state index contributed by atoms with van der Waals surface area (Å²) >= 11 is 0. The van der Waals surface area contributed by atoms with Crippen LogP contribution in [0.2, 0.25) is 0 Å². The first-order valence-corrected chi connectivity index (χ1v) is 18.0. The molecule has 8 rings (SSSR count). The molecule has 14 nitrogen and oxygen atoms in total. The number of benzene rings is 3. The minimum absolute atomic E-state index is 0.165. The zero-order valence-corrected chi connectivity index (χ0v) is 29.7. The number of rotatable bonds is 9. The summed E-state index contributed by atoms with van der Waals surface area (Å²) in [7, 11) is 0. The Morgan fingerprint density at radius 3 is 2.45 bits per heavy atom. The molecule has 3 aromatic carbocycles. The molecule has 1 unspecified atom stereocenters. The maximum absolute atomic E-state index is 13.4. The van der Waals surface area contributed by atoms with Crippen LogP contribution in [-0.4, -0.2) is 61.0 Å². The van der Waals surface area contributed by atoms with E-state index in [1.807, 2.05) is 48.5 Å². The van der Waals surface area contributed by atoms with Gasteiger partial charge in [-0.05, 0) is 67.1 Å². The minimum atomic E-state index is -0.810. The Labute approximate surface area is 314 Å². The fourth-order valence-corrected chi connectivity index (χ4v) is 7.03. The van der Waals surface area contributed by atoms with Crippen molar-refractivity contribution in [1.29, 1.82) is 5.26 Å². The van der Waals surface area contributed by atoms with Crippen LogP contribution in [0.15, 0.2) is 107 Å². The average Bonchev–Trinajstić information content (AvgIpc) is 3.22. The van der Waals surface area contributed by atoms with Crippen LogP contribution in [-0.2, 0) is 16.1 Å². The number of carbonyl (C=O) groups excluding carboxylic acids is 2. The van der Waals surface area contributed by atoms with Crippen molar-refractivity contribution in [3.63, 3.8) is 0 Å². The number of piperidine rings is 2. The van der Waals surface area contributed by atoms with Crippen molar-refractivity contribution >= 4 is 28.3 Å². The number of amides is 2. The summed E-state index contributed by atoms with van der Waals surface area (Å²) in [6.45, 7) is 2.35. The molecule has 14 heteroatoms. The van der Waals surface area contributed by atoms with E-state index in [0.29, 0.717) is 46.1 Å². The number of carbonyl (C=O) groups is 2. The van der Waals surface area contributed by atoms with Gasteiger partial charge in [0.2, 0.25) is 5.91 Å². The third-order valence-electron chi connectivity index (χ3n) is 10.1. The van der Waals surface area contributed by atoms with Gasteiger partial charge in [-0.2, -0.15) is 15.5 Å². The normalized spacial score (nSPS) is 16.1. The quantitative estimate of drug-likeness (QED) is 0.210. The van der Waals surface area contributed by atoms with Gasteiger partial charge >= 0.3 is 0 Å². The standard InChI is InChI=1S/C41H35N9O5/c42-20-27-3-1-5-29(17-27)35-9-12-38(52)49(47-35)24-28-4-2-6-30(18-28)39-43-22-33(23-44-39)55-25-26-13-15-48(16-14-26)32-8-7-31-21-45-50(41(54)34(31)19-32)36-10-11-37(51)46-40(36)53/h1-9,12,17-19,21-23,26,36H,10-11,13-16,24-25H2,(H,46,51,53). The van der Waals surface area contributed by atoms with Crippen LogP contribution in [0.4, 0.5) is 5.69 Å². The Hall–Kier alpha value is -7.01. The van der Waals surface area contributed by atoms with Gasteiger partial charge in [-0.25, -0.2) is 19.3 Å². The number of aromatic nitrogens is 6. The lowest BCUT2D eigenvalue weighted by Gasteiger charge is -2.33. The van der Waals surface area contributed by atoms with E-state index in [2.05, 4.69) is 36.5 Å². The second-order valence-electron chi connectivity index (χ2n) is 13.7. The fourth-order valence-electron chi connectivity index (χ4n) is 7.03. The Morgan fingerprint density at radius 1 is 0.855 bits per heavy atom. The Morgan fingerprint density at radius 2 is 1.65 bits per heavy atom. The van der Waals surface area contributed by atoms with Gasteiger partial charge < -0.3 is 9.64 Å². The largest absolute Gasteiger partial charge is 0.490 e. The Bertz CT molecular complexity index is 2590. The molecule has 2 amide bonds. The highest BCUT2D eigenvalue weighted by Crippen LogP contribution is 2.27. The average molecular weight is 734 g/mol.